The molecule has 1 aliphatic heterocycles. The molecule has 26 heavy (non-hydrogen) atoms. The number of phenolic OH excluding ortho intramolecular Hbond substituents is 1. The van der Waals surface area contributed by atoms with Gasteiger partial charge in [0, 0.05) is 0 Å². The Morgan fingerprint density at radius 1 is 1.19 bits per heavy atom. The highest BCUT2D eigenvalue weighted by Crippen LogP contribution is 2.27. The number of nitrogens with one attached hydrogen (secondary N) is 1. The molecular weight excluding hydrogens is 420 g/mol. The predicted molar refractivity (Wildman–Crippen MR) is 105 cm³/mol. The van der Waals surface area contributed by atoms with Crippen LogP contribution in [0.25, 0.3) is 6.08 Å². The van der Waals surface area contributed by atoms with E-state index in [2.05, 4.69) is 21.2 Å². The number of carbonyl (C=O) groups is 2. The van der Waals surface area contributed by atoms with Crippen LogP contribution in [0.4, 0.5) is 5.69 Å². The van der Waals surface area contributed by atoms with E-state index in [1.54, 1.807) is 43.5 Å². The maximum absolute atomic E-state index is 12.9. The molecule has 1 fully saturated rings. The third-order valence-electron chi connectivity index (χ3n) is 3.72. The Kier molecular flexibility index (Phi) is 5.06. The van der Waals surface area contributed by atoms with Gasteiger partial charge in [-0.15, -0.1) is 0 Å². The summed E-state index contributed by atoms with van der Waals surface area (Å²) in [6.45, 7) is 0. The topological polar surface area (TPSA) is 78.9 Å². The molecule has 2 N–H and O–H groups in total. The summed E-state index contributed by atoms with van der Waals surface area (Å²) in [6.07, 6.45) is 1.44. The van der Waals surface area contributed by atoms with Crippen LogP contribution in [0, 0.1) is 0 Å². The van der Waals surface area contributed by atoms with Gasteiger partial charge < -0.3 is 9.84 Å². The van der Waals surface area contributed by atoms with Gasteiger partial charge in [-0.05, 0) is 76.2 Å². The van der Waals surface area contributed by atoms with Gasteiger partial charge in [-0.2, -0.15) is 0 Å². The van der Waals surface area contributed by atoms with E-state index < -0.39 is 11.8 Å². The first-order valence-electron chi connectivity index (χ1n) is 7.44. The zero-order chi connectivity index (χ0) is 18.8. The van der Waals surface area contributed by atoms with Crippen molar-refractivity contribution in [3.05, 3.63) is 58.1 Å². The number of hydrogen-bond acceptors (Lipinski definition) is 5. The fourth-order valence-corrected chi connectivity index (χ4v) is 3.08. The third kappa shape index (κ3) is 3.47. The lowest BCUT2D eigenvalue weighted by atomic mass is 10.1. The first-order chi connectivity index (χ1) is 12.4. The molecule has 1 aliphatic rings. The Morgan fingerprint density at radius 3 is 2.50 bits per heavy atom. The van der Waals surface area contributed by atoms with E-state index in [-0.39, 0.29) is 16.4 Å². The maximum atomic E-state index is 12.9. The minimum atomic E-state index is -0.575. The summed E-state index contributed by atoms with van der Waals surface area (Å²) in [4.78, 5) is 26.4. The molecule has 8 heteroatoms. The number of carbonyl (C=O) groups excluding carboxylic acids is 2. The molecule has 0 spiro atoms. The fourth-order valence-electron chi connectivity index (χ4n) is 2.40. The maximum Gasteiger partial charge on any atom is 0.270 e. The molecule has 0 radical (unpaired) electrons. The SMILES string of the molecule is COc1ccc(N2C(=O)/C(=C\c3ccc(O)c(Br)c3)C(=O)NC2=S)cc1. The second kappa shape index (κ2) is 7.27. The number of amides is 2. The number of methoxy groups -OCH3 is 1. The Bertz CT molecular complexity index is 941. The van der Waals surface area contributed by atoms with Crippen LogP contribution in [0.3, 0.4) is 0 Å². The lowest BCUT2D eigenvalue weighted by molar-refractivity contribution is -0.122. The van der Waals surface area contributed by atoms with Gasteiger partial charge in [0.25, 0.3) is 11.8 Å². The number of rotatable bonds is 3. The molecule has 2 aromatic rings. The van der Waals surface area contributed by atoms with Crippen LogP contribution in [-0.4, -0.2) is 29.1 Å². The number of ether oxygens (including phenoxy) is 1. The molecule has 0 aliphatic carbocycles. The van der Waals surface area contributed by atoms with E-state index in [0.717, 1.165) is 0 Å². The largest absolute Gasteiger partial charge is 0.507 e. The van der Waals surface area contributed by atoms with Crippen molar-refractivity contribution in [3.8, 4) is 11.5 Å². The first kappa shape index (κ1) is 18.1. The summed E-state index contributed by atoms with van der Waals surface area (Å²) in [6, 6.07) is 11.4. The van der Waals surface area contributed by atoms with E-state index in [4.69, 9.17) is 17.0 Å². The molecule has 2 aromatic carbocycles. The number of aromatic hydroxyl groups is 1. The zero-order valence-electron chi connectivity index (χ0n) is 13.5. The lowest BCUT2D eigenvalue weighted by Gasteiger charge is -2.29. The molecule has 0 atom stereocenters. The summed E-state index contributed by atoms with van der Waals surface area (Å²) in [5.41, 5.74) is 1.03. The Hall–Kier alpha value is -2.71. The second-order valence-corrected chi connectivity index (χ2v) is 6.61. The molecule has 0 saturated carbocycles. The Morgan fingerprint density at radius 2 is 1.88 bits per heavy atom. The predicted octanol–water partition coefficient (Wildman–Crippen LogP) is 2.99. The highest BCUT2D eigenvalue weighted by Gasteiger charge is 2.34. The third-order valence-corrected chi connectivity index (χ3v) is 4.63. The van der Waals surface area contributed by atoms with Crippen molar-refractivity contribution in [2.75, 3.05) is 12.0 Å². The van der Waals surface area contributed by atoms with Crippen molar-refractivity contribution in [3.63, 3.8) is 0 Å². The van der Waals surface area contributed by atoms with Gasteiger partial charge in [-0.25, -0.2) is 0 Å². The van der Waals surface area contributed by atoms with Gasteiger partial charge >= 0.3 is 0 Å². The number of thiocarbonyl (C=S) groups is 1. The summed E-state index contributed by atoms with van der Waals surface area (Å²) < 4.78 is 5.56. The average molecular weight is 433 g/mol. The van der Waals surface area contributed by atoms with Crippen LogP contribution in [-0.2, 0) is 9.59 Å². The van der Waals surface area contributed by atoms with Gasteiger partial charge in [0.15, 0.2) is 5.11 Å². The second-order valence-electron chi connectivity index (χ2n) is 5.37. The molecule has 0 bridgehead atoms. The zero-order valence-corrected chi connectivity index (χ0v) is 15.9. The Labute approximate surface area is 163 Å². The van der Waals surface area contributed by atoms with E-state index >= 15 is 0 Å². The van der Waals surface area contributed by atoms with Crippen LogP contribution in [0.1, 0.15) is 5.56 Å². The first-order valence-corrected chi connectivity index (χ1v) is 8.65. The Balaban J connectivity index is 1.99. The van der Waals surface area contributed by atoms with Gasteiger partial charge in [0.05, 0.1) is 17.3 Å². The number of nitrogens with zero attached hydrogens (tertiary/aromatic N) is 1. The van der Waals surface area contributed by atoms with Crippen LogP contribution < -0.4 is 15.0 Å². The van der Waals surface area contributed by atoms with Crippen molar-refractivity contribution < 1.29 is 19.4 Å². The van der Waals surface area contributed by atoms with E-state index in [1.165, 1.54) is 17.0 Å². The molecule has 1 saturated heterocycles. The van der Waals surface area contributed by atoms with Crippen molar-refractivity contribution in [1.82, 2.24) is 5.32 Å². The molecule has 0 aromatic heterocycles. The van der Waals surface area contributed by atoms with Crippen LogP contribution >= 0.6 is 28.1 Å². The summed E-state index contributed by atoms with van der Waals surface area (Å²) in [7, 11) is 1.54. The van der Waals surface area contributed by atoms with Crippen molar-refractivity contribution >= 4 is 56.8 Å². The molecule has 0 unspecified atom stereocenters. The standard InChI is InChI=1S/C18H13BrN2O4S/c1-25-12-5-3-11(4-6-12)21-17(24)13(16(23)20-18(21)26)8-10-2-7-15(22)14(19)9-10/h2-9,22H,1H3,(H,20,23,26)/b13-8-. The molecule has 132 valence electrons. The van der Waals surface area contributed by atoms with Crippen LogP contribution in [0.2, 0.25) is 0 Å². The summed E-state index contributed by atoms with van der Waals surface area (Å²) in [5, 5.41) is 12.1. The fraction of sp³-hybridized carbons (Fsp3) is 0.0556. The van der Waals surface area contributed by atoms with E-state index in [0.29, 0.717) is 21.5 Å². The van der Waals surface area contributed by atoms with E-state index in [1.807, 2.05) is 0 Å². The number of halogens is 1. The number of anilines is 1. The minimum absolute atomic E-state index is 0.00852. The van der Waals surface area contributed by atoms with Crippen molar-refractivity contribution in [2.45, 2.75) is 0 Å². The number of phenols is 1. The number of benzene rings is 2. The van der Waals surface area contributed by atoms with Crippen LogP contribution in [0.5, 0.6) is 11.5 Å². The molecule has 2 amide bonds. The van der Waals surface area contributed by atoms with Gasteiger partial charge in [0.1, 0.15) is 17.1 Å². The van der Waals surface area contributed by atoms with E-state index in [9.17, 15) is 14.7 Å². The molecular formula is C18H13BrN2O4S. The van der Waals surface area contributed by atoms with Gasteiger partial charge in [0.2, 0.25) is 0 Å². The summed E-state index contributed by atoms with van der Waals surface area (Å²) in [5.74, 6) is -0.410. The highest BCUT2D eigenvalue weighted by molar-refractivity contribution is 9.10. The van der Waals surface area contributed by atoms with Crippen molar-refractivity contribution in [2.24, 2.45) is 0 Å². The molecule has 1 heterocycles. The summed E-state index contributed by atoms with van der Waals surface area (Å²) >= 11 is 8.36. The minimum Gasteiger partial charge on any atom is -0.507 e. The normalized spacial score (nSPS) is 16.0. The lowest BCUT2D eigenvalue weighted by Crippen LogP contribution is -2.54. The van der Waals surface area contributed by atoms with Crippen LogP contribution in [0.15, 0.2) is 52.5 Å². The monoisotopic (exact) mass is 432 g/mol. The van der Waals surface area contributed by atoms with Gasteiger partial charge in [-0.3, -0.25) is 19.8 Å². The number of hydrogen-bond donors (Lipinski definition) is 2. The van der Waals surface area contributed by atoms with Gasteiger partial charge in [-0.1, -0.05) is 6.07 Å². The average Bonchev–Trinajstić information content (AvgIpc) is 2.62. The quantitative estimate of drug-likeness (QED) is 0.442. The highest BCUT2D eigenvalue weighted by atomic mass is 79.9. The molecule has 3 rings (SSSR count). The molecule has 6 nitrogen and oxygen atoms in total. The smallest absolute Gasteiger partial charge is 0.270 e. The van der Waals surface area contributed by atoms with Crippen molar-refractivity contribution in [1.29, 1.82) is 0 Å².